The summed E-state index contributed by atoms with van der Waals surface area (Å²) in [4.78, 5) is 38.3. The van der Waals surface area contributed by atoms with E-state index >= 15 is 0 Å². The molecule has 1 aliphatic heterocycles. The SMILES string of the molecule is CC(=O)N(CC(=O)O)C1CCCN(C(=O)c2ccc(C)c(F)c2)CC1. The Kier molecular flexibility index (Phi) is 6.12. The Labute approximate surface area is 146 Å². The number of aryl methyl sites for hydroxylation is 1. The van der Waals surface area contributed by atoms with E-state index in [2.05, 4.69) is 0 Å². The minimum Gasteiger partial charge on any atom is -0.480 e. The summed E-state index contributed by atoms with van der Waals surface area (Å²) in [5, 5.41) is 8.98. The van der Waals surface area contributed by atoms with Gasteiger partial charge in [-0.05, 0) is 43.9 Å². The lowest BCUT2D eigenvalue weighted by molar-refractivity contribution is -0.145. The Bertz CT molecular complexity index is 677. The molecule has 1 fully saturated rings. The number of hydrogen-bond donors (Lipinski definition) is 1. The molecule has 7 heteroatoms. The van der Waals surface area contributed by atoms with Crippen molar-refractivity contribution in [3.05, 3.63) is 35.1 Å². The van der Waals surface area contributed by atoms with Crippen LogP contribution in [0.1, 0.15) is 42.1 Å². The van der Waals surface area contributed by atoms with Crippen molar-refractivity contribution in [1.29, 1.82) is 0 Å². The number of hydrogen-bond acceptors (Lipinski definition) is 3. The summed E-state index contributed by atoms with van der Waals surface area (Å²) < 4.78 is 13.7. The second-order valence-electron chi connectivity index (χ2n) is 6.38. The van der Waals surface area contributed by atoms with Crippen LogP contribution in [0.4, 0.5) is 4.39 Å². The molecule has 2 rings (SSSR count). The highest BCUT2D eigenvalue weighted by Crippen LogP contribution is 2.19. The number of nitrogens with zero attached hydrogens (tertiary/aromatic N) is 2. The lowest BCUT2D eigenvalue weighted by atomic mass is 10.1. The molecule has 0 saturated carbocycles. The molecule has 1 heterocycles. The first-order valence-electron chi connectivity index (χ1n) is 8.34. The number of carbonyl (C=O) groups is 3. The van der Waals surface area contributed by atoms with Crippen LogP contribution < -0.4 is 0 Å². The number of amides is 2. The summed E-state index contributed by atoms with van der Waals surface area (Å²) in [6, 6.07) is 4.22. The third kappa shape index (κ3) is 4.78. The van der Waals surface area contributed by atoms with Crippen molar-refractivity contribution in [2.24, 2.45) is 0 Å². The molecule has 0 aliphatic carbocycles. The van der Waals surface area contributed by atoms with Crippen molar-refractivity contribution in [2.75, 3.05) is 19.6 Å². The topological polar surface area (TPSA) is 77.9 Å². The third-order valence-corrected chi connectivity index (χ3v) is 4.55. The van der Waals surface area contributed by atoms with Crippen molar-refractivity contribution in [3.63, 3.8) is 0 Å². The number of benzene rings is 1. The van der Waals surface area contributed by atoms with E-state index in [1.165, 1.54) is 17.9 Å². The molecule has 0 aromatic heterocycles. The number of likely N-dealkylation sites (tertiary alicyclic amines) is 1. The number of rotatable bonds is 4. The van der Waals surface area contributed by atoms with Crippen LogP contribution in [0.3, 0.4) is 0 Å². The van der Waals surface area contributed by atoms with E-state index in [1.807, 2.05) is 0 Å². The predicted octanol–water partition coefficient (Wildman–Crippen LogP) is 2.06. The van der Waals surface area contributed by atoms with Crippen molar-refractivity contribution < 1.29 is 23.9 Å². The summed E-state index contributed by atoms with van der Waals surface area (Å²) in [5.41, 5.74) is 0.786. The fourth-order valence-electron chi connectivity index (χ4n) is 3.15. The molecule has 1 N–H and O–H groups in total. The molecule has 1 unspecified atom stereocenters. The Morgan fingerprint density at radius 1 is 1.28 bits per heavy atom. The molecule has 2 amide bonds. The van der Waals surface area contributed by atoms with Crippen molar-refractivity contribution in [2.45, 2.75) is 39.2 Å². The second kappa shape index (κ2) is 8.09. The Morgan fingerprint density at radius 2 is 2.00 bits per heavy atom. The molecule has 25 heavy (non-hydrogen) atoms. The van der Waals surface area contributed by atoms with Gasteiger partial charge in [0.25, 0.3) is 5.91 Å². The van der Waals surface area contributed by atoms with Crippen LogP contribution in [0, 0.1) is 12.7 Å². The van der Waals surface area contributed by atoms with E-state index in [-0.39, 0.29) is 24.4 Å². The highest BCUT2D eigenvalue weighted by molar-refractivity contribution is 5.94. The van der Waals surface area contributed by atoms with Gasteiger partial charge in [-0.2, -0.15) is 0 Å². The lowest BCUT2D eigenvalue weighted by Gasteiger charge is -2.28. The number of halogens is 1. The number of aliphatic carboxylic acids is 1. The molecule has 0 bridgehead atoms. The number of carboxylic acids is 1. The maximum atomic E-state index is 13.7. The summed E-state index contributed by atoms with van der Waals surface area (Å²) >= 11 is 0. The Balaban J connectivity index is 2.07. The van der Waals surface area contributed by atoms with Gasteiger partial charge >= 0.3 is 5.97 Å². The normalized spacial score (nSPS) is 17.7. The lowest BCUT2D eigenvalue weighted by Crippen LogP contribution is -2.43. The first kappa shape index (κ1) is 18.9. The molecule has 1 saturated heterocycles. The van der Waals surface area contributed by atoms with Crippen LogP contribution in [0.5, 0.6) is 0 Å². The molecule has 1 aromatic carbocycles. The van der Waals surface area contributed by atoms with Gasteiger partial charge in [0.05, 0.1) is 0 Å². The largest absolute Gasteiger partial charge is 0.480 e. The first-order chi connectivity index (χ1) is 11.8. The van der Waals surface area contributed by atoms with Gasteiger partial charge in [-0.1, -0.05) is 6.07 Å². The summed E-state index contributed by atoms with van der Waals surface area (Å²) in [7, 11) is 0. The molecular weight excluding hydrogens is 327 g/mol. The summed E-state index contributed by atoms with van der Waals surface area (Å²) in [5.74, 6) is -2.00. The zero-order valence-corrected chi connectivity index (χ0v) is 14.5. The van der Waals surface area contributed by atoms with E-state index < -0.39 is 11.8 Å². The molecule has 0 spiro atoms. The van der Waals surface area contributed by atoms with E-state index in [0.717, 1.165) is 0 Å². The standard InChI is InChI=1S/C18H23FN2O4/c1-12-5-6-14(10-16(12)19)18(25)20-8-3-4-15(7-9-20)21(13(2)22)11-17(23)24/h5-6,10,15H,3-4,7-9,11H2,1-2H3,(H,23,24). The van der Waals surface area contributed by atoms with Gasteiger partial charge in [-0.15, -0.1) is 0 Å². The Morgan fingerprint density at radius 3 is 2.60 bits per heavy atom. The zero-order valence-electron chi connectivity index (χ0n) is 14.5. The molecule has 6 nitrogen and oxygen atoms in total. The molecule has 1 atom stereocenters. The van der Waals surface area contributed by atoms with Crippen LogP contribution in [0.15, 0.2) is 18.2 Å². The molecule has 0 radical (unpaired) electrons. The van der Waals surface area contributed by atoms with Gasteiger partial charge in [0.1, 0.15) is 12.4 Å². The second-order valence-corrected chi connectivity index (χ2v) is 6.38. The first-order valence-corrected chi connectivity index (χ1v) is 8.34. The summed E-state index contributed by atoms with van der Waals surface area (Å²) in [6.07, 6.45) is 1.81. The summed E-state index contributed by atoms with van der Waals surface area (Å²) in [6.45, 7) is 3.56. The Hall–Kier alpha value is -2.44. The fraction of sp³-hybridized carbons (Fsp3) is 0.500. The number of carbonyl (C=O) groups excluding carboxylic acids is 2. The monoisotopic (exact) mass is 350 g/mol. The molecule has 136 valence electrons. The molecule has 1 aromatic rings. The highest BCUT2D eigenvalue weighted by Gasteiger charge is 2.28. The minimum absolute atomic E-state index is 0.207. The minimum atomic E-state index is -1.05. The van der Waals surface area contributed by atoms with Crippen molar-refractivity contribution >= 4 is 17.8 Å². The van der Waals surface area contributed by atoms with Gasteiger partial charge in [0.2, 0.25) is 5.91 Å². The van der Waals surface area contributed by atoms with Crippen LogP contribution in [0.25, 0.3) is 0 Å². The van der Waals surface area contributed by atoms with Crippen molar-refractivity contribution in [1.82, 2.24) is 9.80 Å². The van der Waals surface area contributed by atoms with Gasteiger partial charge in [-0.3, -0.25) is 14.4 Å². The number of carboxylic acid groups (broad SMARTS) is 1. The van der Waals surface area contributed by atoms with Gasteiger partial charge in [0.15, 0.2) is 0 Å². The van der Waals surface area contributed by atoms with Gasteiger partial charge in [0, 0.05) is 31.6 Å². The van der Waals surface area contributed by atoms with E-state index in [9.17, 15) is 18.8 Å². The van der Waals surface area contributed by atoms with Crippen LogP contribution in [0.2, 0.25) is 0 Å². The molecule has 1 aliphatic rings. The maximum Gasteiger partial charge on any atom is 0.323 e. The van der Waals surface area contributed by atoms with E-state index in [1.54, 1.807) is 24.0 Å². The average molecular weight is 350 g/mol. The fourth-order valence-corrected chi connectivity index (χ4v) is 3.15. The van der Waals surface area contributed by atoms with Crippen LogP contribution in [-0.2, 0) is 9.59 Å². The quantitative estimate of drug-likeness (QED) is 0.902. The maximum absolute atomic E-state index is 13.7. The van der Waals surface area contributed by atoms with Crippen LogP contribution in [-0.4, -0.2) is 58.4 Å². The van der Waals surface area contributed by atoms with E-state index in [4.69, 9.17) is 5.11 Å². The van der Waals surface area contributed by atoms with Crippen LogP contribution >= 0.6 is 0 Å². The smallest absolute Gasteiger partial charge is 0.323 e. The van der Waals surface area contributed by atoms with E-state index in [0.29, 0.717) is 43.5 Å². The molecular formula is C18H23FN2O4. The zero-order chi connectivity index (χ0) is 18.6. The highest BCUT2D eigenvalue weighted by atomic mass is 19.1. The van der Waals surface area contributed by atoms with Gasteiger partial charge in [-0.25, -0.2) is 4.39 Å². The van der Waals surface area contributed by atoms with Gasteiger partial charge < -0.3 is 14.9 Å². The average Bonchev–Trinajstić information content (AvgIpc) is 2.80. The third-order valence-electron chi connectivity index (χ3n) is 4.55. The van der Waals surface area contributed by atoms with Crippen molar-refractivity contribution in [3.8, 4) is 0 Å². The predicted molar refractivity (Wildman–Crippen MR) is 89.7 cm³/mol.